The number of rotatable bonds is 2. The van der Waals surface area contributed by atoms with Gasteiger partial charge in [0.05, 0.1) is 17.9 Å². The molecule has 1 amide bonds. The normalized spacial score (nSPS) is 19.3. The van der Waals surface area contributed by atoms with Crippen LogP contribution in [0.2, 0.25) is 0 Å². The predicted octanol–water partition coefficient (Wildman–Crippen LogP) is 1.66. The fourth-order valence-corrected chi connectivity index (χ4v) is 3.19. The Labute approximate surface area is 116 Å². The number of likely N-dealkylation sites (tertiary alicyclic amines) is 1. The summed E-state index contributed by atoms with van der Waals surface area (Å²) in [5, 5.41) is 0. The van der Waals surface area contributed by atoms with E-state index in [4.69, 9.17) is 10.5 Å². The highest BCUT2D eigenvalue weighted by molar-refractivity contribution is 7.14. The van der Waals surface area contributed by atoms with Crippen LogP contribution in [-0.2, 0) is 9.53 Å². The van der Waals surface area contributed by atoms with Crippen LogP contribution in [0.1, 0.15) is 27.4 Å². The number of methoxy groups -OCH3 is 1. The van der Waals surface area contributed by atoms with Crippen molar-refractivity contribution in [1.82, 2.24) is 4.90 Å². The minimum absolute atomic E-state index is 0.0431. The highest BCUT2D eigenvalue weighted by Gasteiger charge is 2.30. The molecule has 1 aliphatic heterocycles. The smallest absolute Gasteiger partial charge is 0.310 e. The third-order valence-electron chi connectivity index (χ3n) is 3.41. The molecule has 104 valence electrons. The van der Waals surface area contributed by atoms with E-state index in [1.807, 2.05) is 6.92 Å². The summed E-state index contributed by atoms with van der Waals surface area (Å²) in [6.07, 6.45) is 1.60. The average molecular weight is 282 g/mol. The second-order valence-electron chi connectivity index (χ2n) is 4.74. The molecule has 1 aromatic heterocycles. The first-order valence-corrected chi connectivity index (χ1v) is 7.07. The van der Waals surface area contributed by atoms with Gasteiger partial charge in [-0.25, -0.2) is 0 Å². The van der Waals surface area contributed by atoms with Crippen LogP contribution in [-0.4, -0.2) is 37.0 Å². The van der Waals surface area contributed by atoms with Gasteiger partial charge < -0.3 is 15.4 Å². The number of thiophene rings is 1. The van der Waals surface area contributed by atoms with Crippen LogP contribution in [0.3, 0.4) is 0 Å². The van der Waals surface area contributed by atoms with E-state index >= 15 is 0 Å². The van der Waals surface area contributed by atoms with Gasteiger partial charge in [0, 0.05) is 23.7 Å². The first-order valence-electron chi connectivity index (χ1n) is 6.26. The molecule has 1 saturated heterocycles. The van der Waals surface area contributed by atoms with Gasteiger partial charge in [-0.3, -0.25) is 9.59 Å². The number of piperidine rings is 1. The Morgan fingerprint density at radius 2 is 2.26 bits per heavy atom. The van der Waals surface area contributed by atoms with Gasteiger partial charge in [0.25, 0.3) is 5.91 Å². The van der Waals surface area contributed by atoms with Crippen molar-refractivity contribution in [2.24, 2.45) is 5.92 Å². The van der Waals surface area contributed by atoms with Gasteiger partial charge >= 0.3 is 5.97 Å². The van der Waals surface area contributed by atoms with Crippen LogP contribution in [0.25, 0.3) is 0 Å². The van der Waals surface area contributed by atoms with E-state index in [9.17, 15) is 9.59 Å². The number of esters is 1. The van der Waals surface area contributed by atoms with Gasteiger partial charge in [0.1, 0.15) is 0 Å². The predicted molar refractivity (Wildman–Crippen MR) is 74.1 cm³/mol. The highest BCUT2D eigenvalue weighted by Crippen LogP contribution is 2.26. The molecule has 1 unspecified atom stereocenters. The lowest BCUT2D eigenvalue weighted by Gasteiger charge is -2.31. The Morgan fingerprint density at radius 1 is 1.53 bits per heavy atom. The molecule has 1 aliphatic rings. The fourth-order valence-electron chi connectivity index (χ4n) is 2.28. The van der Waals surface area contributed by atoms with Crippen molar-refractivity contribution in [2.75, 3.05) is 25.9 Å². The summed E-state index contributed by atoms with van der Waals surface area (Å²) in [6.45, 7) is 3.01. The molecule has 19 heavy (non-hydrogen) atoms. The van der Waals surface area contributed by atoms with Crippen LogP contribution >= 0.6 is 11.3 Å². The number of carbonyl (C=O) groups is 2. The van der Waals surface area contributed by atoms with Gasteiger partial charge in [-0.05, 0) is 25.8 Å². The lowest BCUT2D eigenvalue weighted by atomic mass is 9.98. The maximum absolute atomic E-state index is 12.4. The third kappa shape index (κ3) is 2.89. The zero-order valence-electron chi connectivity index (χ0n) is 11.1. The molecule has 0 aromatic carbocycles. The molecular formula is C13H18N2O3S. The third-order valence-corrected chi connectivity index (χ3v) is 4.46. The molecule has 1 atom stereocenters. The van der Waals surface area contributed by atoms with E-state index in [1.165, 1.54) is 18.4 Å². The Hall–Kier alpha value is -1.56. The molecule has 0 saturated carbocycles. The molecule has 2 rings (SSSR count). The number of amides is 1. The maximum Gasteiger partial charge on any atom is 0.310 e. The van der Waals surface area contributed by atoms with Crippen molar-refractivity contribution >= 4 is 28.9 Å². The standard InChI is InChI=1S/C13H18N2O3S/c1-8-10(14)6-11(19-8)12(16)15-5-3-4-9(7-15)13(17)18-2/h6,9H,3-5,7,14H2,1-2H3. The van der Waals surface area contributed by atoms with Gasteiger partial charge in [-0.2, -0.15) is 0 Å². The van der Waals surface area contributed by atoms with Crippen LogP contribution < -0.4 is 5.73 Å². The molecule has 0 bridgehead atoms. The summed E-state index contributed by atoms with van der Waals surface area (Å²) in [4.78, 5) is 27.2. The molecule has 6 heteroatoms. The summed E-state index contributed by atoms with van der Waals surface area (Å²) in [6, 6.07) is 1.71. The molecule has 0 spiro atoms. The van der Waals surface area contributed by atoms with Crippen molar-refractivity contribution in [2.45, 2.75) is 19.8 Å². The number of hydrogen-bond acceptors (Lipinski definition) is 5. The number of nitrogens with zero attached hydrogens (tertiary/aromatic N) is 1. The first kappa shape index (κ1) is 13.9. The number of nitrogen functional groups attached to an aromatic ring is 1. The summed E-state index contributed by atoms with van der Waals surface area (Å²) >= 11 is 1.40. The van der Waals surface area contributed by atoms with E-state index < -0.39 is 0 Å². The quantitative estimate of drug-likeness (QED) is 0.837. The van der Waals surface area contributed by atoms with Crippen molar-refractivity contribution in [3.05, 3.63) is 15.8 Å². The van der Waals surface area contributed by atoms with Crippen molar-refractivity contribution in [3.8, 4) is 0 Å². The molecule has 2 N–H and O–H groups in total. The Kier molecular flexibility index (Phi) is 4.09. The number of nitrogens with two attached hydrogens (primary N) is 1. The number of aryl methyl sites for hydroxylation is 1. The van der Waals surface area contributed by atoms with Crippen molar-refractivity contribution in [3.63, 3.8) is 0 Å². The van der Waals surface area contributed by atoms with Gasteiger partial charge in [0.2, 0.25) is 0 Å². The van der Waals surface area contributed by atoms with Crippen LogP contribution in [0.4, 0.5) is 5.69 Å². The lowest BCUT2D eigenvalue weighted by Crippen LogP contribution is -2.42. The maximum atomic E-state index is 12.4. The highest BCUT2D eigenvalue weighted by atomic mass is 32.1. The Morgan fingerprint density at radius 3 is 2.84 bits per heavy atom. The van der Waals surface area contributed by atoms with E-state index in [1.54, 1.807) is 11.0 Å². The van der Waals surface area contributed by atoms with Gasteiger partial charge in [-0.1, -0.05) is 0 Å². The second-order valence-corrected chi connectivity index (χ2v) is 5.99. The molecule has 0 radical (unpaired) electrons. The number of hydrogen-bond donors (Lipinski definition) is 1. The topological polar surface area (TPSA) is 72.6 Å². The molecule has 1 aromatic rings. The number of anilines is 1. The molecule has 2 heterocycles. The van der Waals surface area contributed by atoms with Crippen molar-refractivity contribution < 1.29 is 14.3 Å². The van der Waals surface area contributed by atoms with E-state index in [2.05, 4.69) is 0 Å². The molecule has 5 nitrogen and oxygen atoms in total. The lowest BCUT2D eigenvalue weighted by molar-refractivity contribution is -0.146. The second kappa shape index (κ2) is 5.61. The van der Waals surface area contributed by atoms with E-state index in [0.717, 1.165) is 17.7 Å². The summed E-state index contributed by atoms with van der Waals surface area (Å²) in [5.74, 6) is -0.487. The molecule has 1 fully saturated rings. The number of ether oxygens (including phenoxy) is 1. The Balaban J connectivity index is 2.09. The molecule has 0 aliphatic carbocycles. The summed E-state index contributed by atoms with van der Waals surface area (Å²) in [7, 11) is 1.38. The van der Waals surface area contributed by atoms with Crippen LogP contribution in [0, 0.1) is 12.8 Å². The van der Waals surface area contributed by atoms with Crippen molar-refractivity contribution in [1.29, 1.82) is 0 Å². The van der Waals surface area contributed by atoms with Gasteiger partial charge in [0.15, 0.2) is 0 Å². The largest absolute Gasteiger partial charge is 0.469 e. The van der Waals surface area contributed by atoms with Crippen LogP contribution in [0.5, 0.6) is 0 Å². The van der Waals surface area contributed by atoms with E-state index in [0.29, 0.717) is 23.7 Å². The number of carbonyl (C=O) groups excluding carboxylic acids is 2. The minimum Gasteiger partial charge on any atom is -0.469 e. The zero-order chi connectivity index (χ0) is 14.0. The zero-order valence-corrected chi connectivity index (χ0v) is 12.0. The minimum atomic E-state index is -0.237. The van der Waals surface area contributed by atoms with Gasteiger partial charge in [-0.15, -0.1) is 11.3 Å². The molecular weight excluding hydrogens is 264 g/mol. The summed E-state index contributed by atoms with van der Waals surface area (Å²) < 4.78 is 4.75. The fraction of sp³-hybridized carbons (Fsp3) is 0.538. The van der Waals surface area contributed by atoms with Crippen LogP contribution in [0.15, 0.2) is 6.07 Å². The first-order chi connectivity index (χ1) is 9.02. The summed E-state index contributed by atoms with van der Waals surface area (Å²) in [5.41, 5.74) is 6.42. The Bertz CT molecular complexity index is 479. The van der Waals surface area contributed by atoms with E-state index in [-0.39, 0.29) is 17.8 Å². The SMILES string of the molecule is COC(=O)C1CCCN(C(=O)c2cc(N)c(C)s2)C1. The monoisotopic (exact) mass is 282 g/mol. The average Bonchev–Trinajstić information content (AvgIpc) is 2.77.